The van der Waals surface area contributed by atoms with Crippen molar-refractivity contribution in [1.29, 1.82) is 0 Å². The quantitative estimate of drug-likeness (QED) is 0.448. The van der Waals surface area contributed by atoms with E-state index in [-0.39, 0.29) is 12.5 Å². The molecule has 3 aromatic rings. The van der Waals surface area contributed by atoms with Crippen LogP contribution in [-0.2, 0) is 6.61 Å². The molecular weight excluding hydrogens is 444 g/mol. The van der Waals surface area contributed by atoms with Gasteiger partial charge in [0.25, 0.3) is 5.91 Å². The third kappa shape index (κ3) is 5.80. The molecule has 35 heavy (non-hydrogen) atoms. The van der Waals surface area contributed by atoms with Crippen molar-refractivity contribution in [3.8, 4) is 23.0 Å². The van der Waals surface area contributed by atoms with E-state index in [2.05, 4.69) is 17.0 Å². The van der Waals surface area contributed by atoms with Gasteiger partial charge in [0.1, 0.15) is 18.1 Å². The van der Waals surface area contributed by atoms with Crippen LogP contribution in [0.25, 0.3) is 0 Å². The van der Waals surface area contributed by atoms with E-state index in [4.69, 9.17) is 18.9 Å². The van der Waals surface area contributed by atoms with Crippen LogP contribution < -0.4 is 23.8 Å². The molecular formula is C28H32N2O5. The van der Waals surface area contributed by atoms with Crippen molar-refractivity contribution in [2.75, 3.05) is 51.9 Å². The first-order valence-corrected chi connectivity index (χ1v) is 11.8. The second-order valence-electron chi connectivity index (χ2n) is 8.17. The van der Waals surface area contributed by atoms with Gasteiger partial charge in [-0.3, -0.25) is 4.79 Å². The number of carbonyl (C=O) groups excluding carboxylic acids is 1. The van der Waals surface area contributed by atoms with Crippen molar-refractivity contribution in [2.45, 2.75) is 13.5 Å². The van der Waals surface area contributed by atoms with Crippen LogP contribution in [-0.4, -0.2) is 57.8 Å². The summed E-state index contributed by atoms with van der Waals surface area (Å²) in [6, 6.07) is 21.1. The number of anilines is 1. The third-order valence-corrected chi connectivity index (χ3v) is 6.06. The predicted molar refractivity (Wildman–Crippen MR) is 136 cm³/mol. The highest BCUT2D eigenvalue weighted by molar-refractivity contribution is 5.94. The third-order valence-electron chi connectivity index (χ3n) is 6.06. The average Bonchev–Trinajstić information content (AvgIpc) is 2.92. The van der Waals surface area contributed by atoms with Crippen LogP contribution in [0.3, 0.4) is 0 Å². The summed E-state index contributed by atoms with van der Waals surface area (Å²) in [7, 11) is 3.28. The number of piperazine rings is 1. The Balaban J connectivity index is 1.43. The fourth-order valence-electron chi connectivity index (χ4n) is 4.16. The summed E-state index contributed by atoms with van der Waals surface area (Å²) >= 11 is 0. The summed E-state index contributed by atoms with van der Waals surface area (Å²) in [6.07, 6.45) is 0. The molecule has 1 aliphatic rings. The summed E-state index contributed by atoms with van der Waals surface area (Å²) in [5.41, 5.74) is 2.58. The summed E-state index contributed by atoms with van der Waals surface area (Å²) in [4.78, 5) is 17.5. The second kappa shape index (κ2) is 11.5. The van der Waals surface area contributed by atoms with Crippen molar-refractivity contribution < 1.29 is 23.7 Å². The van der Waals surface area contributed by atoms with Gasteiger partial charge >= 0.3 is 0 Å². The molecule has 0 radical (unpaired) electrons. The first-order chi connectivity index (χ1) is 17.1. The van der Waals surface area contributed by atoms with E-state index in [1.807, 2.05) is 66.4 Å². The number of hydrogen-bond donors (Lipinski definition) is 0. The molecule has 0 N–H and O–H groups in total. The van der Waals surface area contributed by atoms with Gasteiger partial charge in [0.05, 0.1) is 20.8 Å². The van der Waals surface area contributed by atoms with Gasteiger partial charge < -0.3 is 28.7 Å². The molecule has 1 saturated heterocycles. The van der Waals surface area contributed by atoms with Gasteiger partial charge in [0.2, 0.25) is 0 Å². The summed E-state index contributed by atoms with van der Waals surface area (Å²) in [5.74, 6) is 2.86. The monoisotopic (exact) mass is 476 g/mol. The van der Waals surface area contributed by atoms with E-state index in [1.165, 1.54) is 0 Å². The predicted octanol–water partition coefficient (Wildman–Crippen LogP) is 4.64. The Labute approximate surface area is 206 Å². The molecule has 7 nitrogen and oxygen atoms in total. The van der Waals surface area contributed by atoms with Crippen molar-refractivity contribution in [1.82, 2.24) is 4.90 Å². The highest BCUT2D eigenvalue weighted by Gasteiger charge is 2.23. The lowest BCUT2D eigenvalue weighted by Gasteiger charge is -2.36. The molecule has 1 heterocycles. The van der Waals surface area contributed by atoms with Crippen molar-refractivity contribution in [2.24, 2.45) is 0 Å². The first kappa shape index (κ1) is 24.3. The van der Waals surface area contributed by atoms with E-state index in [1.54, 1.807) is 14.2 Å². The topological polar surface area (TPSA) is 60.5 Å². The maximum atomic E-state index is 13.3. The van der Waals surface area contributed by atoms with Crippen LogP contribution in [0.2, 0.25) is 0 Å². The van der Waals surface area contributed by atoms with Gasteiger partial charge in [-0.2, -0.15) is 0 Å². The zero-order chi connectivity index (χ0) is 24.6. The van der Waals surface area contributed by atoms with Crippen LogP contribution in [0.1, 0.15) is 22.8 Å². The number of carbonyl (C=O) groups is 1. The Hall–Kier alpha value is -3.87. The number of methoxy groups -OCH3 is 2. The molecule has 0 unspecified atom stereocenters. The minimum atomic E-state index is 0.0148. The molecule has 7 heteroatoms. The number of amides is 1. The Morgan fingerprint density at radius 3 is 2.17 bits per heavy atom. The number of para-hydroxylation sites is 2. The zero-order valence-electron chi connectivity index (χ0n) is 20.5. The molecule has 3 aromatic carbocycles. The number of benzene rings is 3. The fourth-order valence-corrected chi connectivity index (χ4v) is 4.16. The minimum absolute atomic E-state index is 0.0148. The molecule has 0 spiro atoms. The highest BCUT2D eigenvalue weighted by Crippen LogP contribution is 2.29. The van der Waals surface area contributed by atoms with Gasteiger partial charge in [-0.1, -0.05) is 12.1 Å². The molecule has 0 saturated carbocycles. The molecule has 184 valence electrons. The zero-order valence-corrected chi connectivity index (χ0v) is 20.5. The van der Waals surface area contributed by atoms with Crippen molar-refractivity contribution in [3.63, 3.8) is 0 Å². The molecule has 0 aromatic heterocycles. The second-order valence-corrected chi connectivity index (χ2v) is 8.17. The van der Waals surface area contributed by atoms with E-state index >= 15 is 0 Å². The lowest BCUT2D eigenvalue weighted by atomic mass is 10.1. The average molecular weight is 477 g/mol. The highest BCUT2D eigenvalue weighted by atomic mass is 16.5. The molecule has 0 atom stereocenters. The molecule has 1 amide bonds. The summed E-state index contributed by atoms with van der Waals surface area (Å²) in [5, 5.41) is 0. The Morgan fingerprint density at radius 2 is 1.51 bits per heavy atom. The van der Waals surface area contributed by atoms with Crippen LogP contribution in [0.5, 0.6) is 23.0 Å². The Kier molecular flexibility index (Phi) is 7.98. The lowest BCUT2D eigenvalue weighted by Crippen LogP contribution is -2.48. The number of ether oxygens (including phenoxy) is 4. The molecule has 4 rings (SSSR count). The van der Waals surface area contributed by atoms with E-state index in [0.717, 1.165) is 30.1 Å². The van der Waals surface area contributed by atoms with E-state index in [9.17, 15) is 4.79 Å². The summed E-state index contributed by atoms with van der Waals surface area (Å²) < 4.78 is 22.4. The molecule has 0 aliphatic carbocycles. The van der Waals surface area contributed by atoms with E-state index < -0.39 is 0 Å². The van der Waals surface area contributed by atoms with Crippen LogP contribution >= 0.6 is 0 Å². The van der Waals surface area contributed by atoms with Crippen LogP contribution in [0, 0.1) is 0 Å². The van der Waals surface area contributed by atoms with Crippen molar-refractivity contribution in [3.05, 3.63) is 77.9 Å². The van der Waals surface area contributed by atoms with E-state index in [0.29, 0.717) is 42.5 Å². The fraction of sp³-hybridized carbons (Fsp3) is 0.321. The Bertz CT molecular complexity index is 1120. The number of rotatable bonds is 9. The van der Waals surface area contributed by atoms with Gasteiger partial charge in [0.15, 0.2) is 11.5 Å². The lowest BCUT2D eigenvalue weighted by molar-refractivity contribution is 0.0746. The smallest absolute Gasteiger partial charge is 0.253 e. The normalized spacial score (nSPS) is 13.3. The standard InChI is InChI=1S/C28H32N2O5/c1-4-34-25-14-9-21(19-22(25)20-35-27-8-6-5-7-26(27)33-3)28(31)30-17-15-29(16-18-30)23-10-12-24(32-2)13-11-23/h5-14,19H,4,15-18,20H2,1-3H3. The molecule has 1 fully saturated rings. The molecule has 0 bridgehead atoms. The van der Waals surface area contributed by atoms with Crippen LogP contribution in [0.15, 0.2) is 66.7 Å². The molecule has 1 aliphatic heterocycles. The summed E-state index contributed by atoms with van der Waals surface area (Å²) in [6.45, 7) is 5.60. The van der Waals surface area contributed by atoms with Crippen molar-refractivity contribution >= 4 is 11.6 Å². The number of hydrogen-bond acceptors (Lipinski definition) is 6. The number of nitrogens with zero attached hydrogens (tertiary/aromatic N) is 2. The minimum Gasteiger partial charge on any atom is -0.497 e. The maximum Gasteiger partial charge on any atom is 0.253 e. The SMILES string of the molecule is CCOc1ccc(C(=O)N2CCN(c3ccc(OC)cc3)CC2)cc1COc1ccccc1OC. The van der Waals surface area contributed by atoms with Crippen LogP contribution in [0.4, 0.5) is 5.69 Å². The maximum absolute atomic E-state index is 13.3. The van der Waals surface area contributed by atoms with Gasteiger partial charge in [-0.25, -0.2) is 0 Å². The largest absolute Gasteiger partial charge is 0.497 e. The van der Waals surface area contributed by atoms with Gasteiger partial charge in [-0.05, 0) is 61.5 Å². The van der Waals surface area contributed by atoms with Gasteiger partial charge in [0, 0.05) is 43.0 Å². The Morgan fingerprint density at radius 1 is 0.800 bits per heavy atom. The first-order valence-electron chi connectivity index (χ1n) is 11.8. The van der Waals surface area contributed by atoms with Gasteiger partial charge in [-0.15, -0.1) is 0 Å².